The number of carbonyl (C=O) groups excluding carboxylic acids is 1. The van der Waals surface area contributed by atoms with E-state index in [1.807, 2.05) is 31.2 Å². The molecule has 1 heterocycles. The Morgan fingerprint density at radius 3 is 2.34 bits per heavy atom. The molecule has 29 heavy (non-hydrogen) atoms. The number of carbonyl (C=O) groups is 1. The topological polar surface area (TPSA) is 105 Å². The molecule has 0 saturated carbocycles. The number of methoxy groups -OCH3 is 1. The Balaban J connectivity index is 1.57. The van der Waals surface area contributed by atoms with Gasteiger partial charge in [0.1, 0.15) is 5.75 Å². The van der Waals surface area contributed by atoms with Crippen molar-refractivity contribution in [2.24, 2.45) is 5.14 Å². The summed E-state index contributed by atoms with van der Waals surface area (Å²) in [6, 6.07) is 13.5. The van der Waals surface area contributed by atoms with E-state index in [9.17, 15) is 13.2 Å². The molecule has 2 aromatic carbocycles. The summed E-state index contributed by atoms with van der Waals surface area (Å²) < 4.78 is 28.2. The highest BCUT2D eigenvalue weighted by Crippen LogP contribution is 2.21. The molecule has 3 N–H and O–H groups in total. The van der Waals surface area contributed by atoms with Crippen molar-refractivity contribution in [3.8, 4) is 5.75 Å². The summed E-state index contributed by atoms with van der Waals surface area (Å²) in [6.07, 6.45) is 0. The van der Waals surface area contributed by atoms with Crippen LogP contribution in [0.15, 0.2) is 53.4 Å². The van der Waals surface area contributed by atoms with Gasteiger partial charge in [-0.05, 0) is 49.4 Å². The lowest BCUT2D eigenvalue weighted by Gasteiger charge is -2.38. The second-order valence-corrected chi connectivity index (χ2v) is 8.52. The van der Waals surface area contributed by atoms with Crippen LogP contribution in [0.3, 0.4) is 0 Å². The monoisotopic (exact) mass is 418 g/mol. The fourth-order valence-electron chi connectivity index (χ4n) is 3.32. The molecule has 9 heteroatoms. The molecule has 3 rings (SSSR count). The van der Waals surface area contributed by atoms with Crippen LogP contribution in [0, 0.1) is 0 Å². The molecule has 0 radical (unpaired) electrons. The van der Waals surface area contributed by atoms with Gasteiger partial charge < -0.3 is 15.0 Å². The maximum Gasteiger partial charge on any atom is 0.241 e. The molecule has 156 valence electrons. The zero-order valence-electron chi connectivity index (χ0n) is 16.5. The van der Waals surface area contributed by atoms with Gasteiger partial charge in [-0.25, -0.2) is 13.6 Å². The predicted molar refractivity (Wildman–Crippen MR) is 113 cm³/mol. The fraction of sp³-hybridized carbons (Fsp3) is 0.350. The number of benzene rings is 2. The molecule has 2 aromatic rings. The Morgan fingerprint density at radius 2 is 1.76 bits per heavy atom. The van der Waals surface area contributed by atoms with Gasteiger partial charge in [-0.2, -0.15) is 0 Å². The fourth-order valence-corrected chi connectivity index (χ4v) is 3.88. The second kappa shape index (κ2) is 8.81. The minimum absolute atomic E-state index is 0.0314. The first-order valence-corrected chi connectivity index (χ1v) is 10.9. The summed E-state index contributed by atoms with van der Waals surface area (Å²) in [6.45, 7) is 4.97. The molecule has 0 aromatic heterocycles. The molecule has 0 unspecified atom stereocenters. The van der Waals surface area contributed by atoms with E-state index in [-0.39, 0.29) is 16.8 Å². The molecule has 0 aliphatic carbocycles. The first kappa shape index (κ1) is 21.1. The van der Waals surface area contributed by atoms with Crippen molar-refractivity contribution in [1.82, 2.24) is 4.90 Å². The Hall–Kier alpha value is -2.62. The average Bonchev–Trinajstić information content (AvgIpc) is 2.73. The van der Waals surface area contributed by atoms with Gasteiger partial charge in [0, 0.05) is 37.6 Å². The van der Waals surface area contributed by atoms with E-state index >= 15 is 0 Å². The number of primary sulfonamides is 1. The van der Waals surface area contributed by atoms with E-state index < -0.39 is 10.0 Å². The molecule has 1 aliphatic heterocycles. The number of nitrogens with two attached hydrogens (primary N) is 1. The highest BCUT2D eigenvalue weighted by atomic mass is 32.2. The van der Waals surface area contributed by atoms with Crippen LogP contribution in [0.5, 0.6) is 5.75 Å². The van der Waals surface area contributed by atoms with Gasteiger partial charge in [-0.3, -0.25) is 9.69 Å². The van der Waals surface area contributed by atoms with E-state index in [2.05, 4.69) is 15.1 Å². The van der Waals surface area contributed by atoms with Gasteiger partial charge in [-0.15, -0.1) is 0 Å². The van der Waals surface area contributed by atoms with Crippen molar-refractivity contribution in [3.05, 3.63) is 48.5 Å². The third kappa shape index (κ3) is 5.26. The first-order valence-electron chi connectivity index (χ1n) is 9.35. The average molecular weight is 419 g/mol. The number of amides is 1. The van der Waals surface area contributed by atoms with Crippen LogP contribution in [0.2, 0.25) is 0 Å². The molecular weight excluding hydrogens is 392 g/mol. The lowest BCUT2D eigenvalue weighted by Crippen LogP contribution is -2.52. The largest absolute Gasteiger partial charge is 0.497 e. The minimum Gasteiger partial charge on any atom is -0.497 e. The van der Waals surface area contributed by atoms with E-state index in [0.29, 0.717) is 5.69 Å². The first-order chi connectivity index (χ1) is 13.8. The number of hydrogen-bond donors (Lipinski definition) is 2. The van der Waals surface area contributed by atoms with Gasteiger partial charge in [0.2, 0.25) is 15.9 Å². The molecule has 1 amide bonds. The molecule has 8 nitrogen and oxygen atoms in total. The second-order valence-electron chi connectivity index (χ2n) is 6.96. The summed E-state index contributed by atoms with van der Waals surface area (Å²) >= 11 is 0. The van der Waals surface area contributed by atoms with Crippen molar-refractivity contribution in [3.63, 3.8) is 0 Å². The van der Waals surface area contributed by atoms with Crippen LogP contribution in [0.4, 0.5) is 11.4 Å². The number of nitrogens with zero attached hydrogens (tertiary/aromatic N) is 2. The normalized spacial score (nSPS) is 16.3. The van der Waals surface area contributed by atoms with Crippen LogP contribution < -0.4 is 20.1 Å². The molecule has 1 aliphatic rings. The van der Waals surface area contributed by atoms with E-state index in [1.54, 1.807) is 19.2 Å². The van der Waals surface area contributed by atoms with Crippen molar-refractivity contribution in [2.75, 3.05) is 43.5 Å². The minimum atomic E-state index is -3.81. The standard InChI is InChI=1S/C20H26N4O4S/c1-15(20(25)22-16-4-3-5-19(14-16)29(21,26)27)23-10-12-24(13-11-23)17-6-8-18(28-2)9-7-17/h3-9,14-15H,10-13H2,1-2H3,(H,22,25)(H2,21,26,27)/t15-/m0/s1. The third-order valence-corrected chi connectivity index (χ3v) is 6.02. The molecule has 1 atom stereocenters. The van der Waals surface area contributed by atoms with Crippen LogP contribution in [0.1, 0.15) is 6.92 Å². The van der Waals surface area contributed by atoms with Crippen molar-refractivity contribution < 1.29 is 17.9 Å². The quantitative estimate of drug-likeness (QED) is 0.737. The van der Waals surface area contributed by atoms with Crippen molar-refractivity contribution in [1.29, 1.82) is 0 Å². The van der Waals surface area contributed by atoms with Gasteiger partial charge in [0.25, 0.3) is 0 Å². The van der Waals surface area contributed by atoms with Crippen LogP contribution in [-0.2, 0) is 14.8 Å². The van der Waals surface area contributed by atoms with Crippen molar-refractivity contribution in [2.45, 2.75) is 17.9 Å². The number of piperazine rings is 1. The zero-order valence-corrected chi connectivity index (χ0v) is 17.4. The SMILES string of the molecule is COc1ccc(N2CCN([C@@H](C)C(=O)Nc3cccc(S(N)(=O)=O)c3)CC2)cc1. The highest BCUT2D eigenvalue weighted by molar-refractivity contribution is 7.89. The molecule has 0 spiro atoms. The molecular formula is C20H26N4O4S. The van der Waals surface area contributed by atoms with Crippen LogP contribution in [0.25, 0.3) is 0 Å². The number of ether oxygens (including phenoxy) is 1. The lowest BCUT2D eigenvalue weighted by atomic mass is 10.2. The maximum atomic E-state index is 12.6. The summed E-state index contributed by atoms with van der Waals surface area (Å²) in [5.41, 5.74) is 1.53. The van der Waals surface area contributed by atoms with E-state index in [0.717, 1.165) is 37.6 Å². The van der Waals surface area contributed by atoms with Crippen LogP contribution in [-0.4, -0.2) is 58.6 Å². The summed E-state index contributed by atoms with van der Waals surface area (Å²) in [5.74, 6) is 0.638. The lowest BCUT2D eigenvalue weighted by molar-refractivity contribution is -0.120. The molecule has 1 saturated heterocycles. The number of hydrogen-bond acceptors (Lipinski definition) is 6. The highest BCUT2D eigenvalue weighted by Gasteiger charge is 2.26. The summed E-state index contributed by atoms with van der Waals surface area (Å²) in [5, 5.41) is 7.93. The van der Waals surface area contributed by atoms with E-state index in [1.165, 1.54) is 12.1 Å². The van der Waals surface area contributed by atoms with Gasteiger partial charge >= 0.3 is 0 Å². The number of sulfonamides is 1. The summed E-state index contributed by atoms with van der Waals surface area (Å²) in [7, 11) is -2.17. The zero-order chi connectivity index (χ0) is 21.0. The van der Waals surface area contributed by atoms with E-state index in [4.69, 9.17) is 9.88 Å². The maximum absolute atomic E-state index is 12.6. The van der Waals surface area contributed by atoms with Gasteiger partial charge in [0.15, 0.2) is 0 Å². The Bertz CT molecular complexity index is 955. The van der Waals surface area contributed by atoms with Crippen molar-refractivity contribution >= 4 is 27.3 Å². The smallest absolute Gasteiger partial charge is 0.241 e. The number of anilines is 2. The Labute approximate surface area is 171 Å². The molecule has 0 bridgehead atoms. The number of nitrogens with one attached hydrogen (secondary N) is 1. The summed E-state index contributed by atoms with van der Waals surface area (Å²) in [4.78, 5) is 17.0. The van der Waals surface area contributed by atoms with Gasteiger partial charge in [0.05, 0.1) is 18.0 Å². The third-order valence-electron chi connectivity index (χ3n) is 5.11. The Morgan fingerprint density at radius 1 is 1.10 bits per heavy atom. The Kier molecular flexibility index (Phi) is 6.41. The van der Waals surface area contributed by atoms with Crippen LogP contribution >= 0.6 is 0 Å². The number of rotatable bonds is 6. The predicted octanol–water partition coefficient (Wildman–Crippen LogP) is 1.49. The van der Waals surface area contributed by atoms with Gasteiger partial charge in [-0.1, -0.05) is 6.07 Å². The molecule has 1 fully saturated rings.